The summed E-state index contributed by atoms with van der Waals surface area (Å²) in [4.78, 5) is 39.3. The smallest absolute Gasteiger partial charge is 0.311 e. The van der Waals surface area contributed by atoms with Crippen molar-refractivity contribution in [1.29, 1.82) is 0 Å². The van der Waals surface area contributed by atoms with Crippen LogP contribution in [0.15, 0.2) is 0 Å². The molecule has 0 radical (unpaired) electrons. The molecule has 0 heterocycles. The molecule has 0 fully saturated rings. The number of methoxy groups -OCH3 is 1. The Morgan fingerprint density at radius 2 is 1.55 bits per heavy atom. The average Bonchev–Trinajstić information content (AvgIpc) is 2.78. The molecule has 0 aliphatic rings. The molecule has 0 aromatic rings. The minimum Gasteiger partial charge on any atom is -0.748 e. The number of quaternary nitrogens is 1. The molecule has 13 heteroatoms. The quantitative estimate of drug-likeness (QED) is 0.0863. The molecule has 0 saturated heterocycles. The monoisotopic (exact) mass is 595 g/mol. The average molecular weight is 596 g/mol. The van der Waals surface area contributed by atoms with Gasteiger partial charge in [-0.25, -0.2) is 8.42 Å². The van der Waals surface area contributed by atoms with Crippen LogP contribution in [0.2, 0.25) is 0 Å². The summed E-state index contributed by atoms with van der Waals surface area (Å²) >= 11 is 0. The first-order valence-corrected chi connectivity index (χ1v) is 15.4. The summed E-state index contributed by atoms with van der Waals surface area (Å²) in [6.07, 6.45) is 1.41. The van der Waals surface area contributed by atoms with E-state index in [1.165, 1.54) is 13.8 Å². The molecule has 0 spiro atoms. The van der Waals surface area contributed by atoms with Crippen LogP contribution in [0.5, 0.6) is 0 Å². The topological polar surface area (TPSA) is 160 Å². The van der Waals surface area contributed by atoms with E-state index in [0.717, 1.165) is 17.4 Å². The Bertz CT molecular complexity index is 899. The molecule has 40 heavy (non-hydrogen) atoms. The third kappa shape index (κ3) is 17.8. The van der Waals surface area contributed by atoms with Gasteiger partial charge < -0.3 is 33.9 Å². The van der Waals surface area contributed by atoms with Crippen molar-refractivity contribution in [3.63, 3.8) is 0 Å². The maximum Gasteiger partial charge on any atom is 0.311 e. The van der Waals surface area contributed by atoms with Gasteiger partial charge in [-0.2, -0.15) is 0 Å². The summed E-state index contributed by atoms with van der Waals surface area (Å²) < 4.78 is 50.2. The summed E-state index contributed by atoms with van der Waals surface area (Å²) in [5.41, 5.74) is -2.30. The lowest BCUT2D eigenvalue weighted by Crippen LogP contribution is -2.51. The van der Waals surface area contributed by atoms with Crippen LogP contribution < -0.4 is 10.6 Å². The third-order valence-corrected chi connectivity index (χ3v) is 7.38. The van der Waals surface area contributed by atoms with Crippen molar-refractivity contribution in [2.45, 2.75) is 65.8 Å². The lowest BCUT2D eigenvalue weighted by Gasteiger charge is -2.32. The predicted octanol–water partition coefficient (Wildman–Crippen LogP) is 1.29. The standard InChI is InChI=1S/C27H53N3O9S/c1-10-21(24(32)29-27(4,5)20-40(34,35)36)18-22(23(31)28-12-11-13-30(6,7)8)19-26(2,3)25(33)39-17-16-38-15-14-37-9/h21-22H,10-20H2,1-9H3,(H2-,28,29,31,32,34,35,36). The van der Waals surface area contributed by atoms with E-state index in [1.807, 2.05) is 0 Å². The van der Waals surface area contributed by atoms with Crippen LogP contribution in [0.1, 0.15) is 60.3 Å². The molecule has 0 saturated carbocycles. The molecule has 0 rings (SSSR count). The molecule has 0 bridgehead atoms. The van der Waals surface area contributed by atoms with E-state index in [0.29, 0.717) is 26.2 Å². The number of amides is 2. The molecule has 0 aliphatic heterocycles. The van der Waals surface area contributed by atoms with Crippen LogP contribution in [0.4, 0.5) is 0 Å². The maximum absolute atomic E-state index is 13.3. The van der Waals surface area contributed by atoms with Gasteiger partial charge in [-0.1, -0.05) is 6.92 Å². The molecule has 0 aliphatic carbocycles. The van der Waals surface area contributed by atoms with Crippen molar-refractivity contribution in [3.05, 3.63) is 0 Å². The van der Waals surface area contributed by atoms with E-state index in [2.05, 4.69) is 31.8 Å². The molecule has 2 N–H and O–H groups in total. The molecule has 236 valence electrons. The summed E-state index contributed by atoms with van der Waals surface area (Å²) in [5, 5.41) is 5.60. The van der Waals surface area contributed by atoms with Crippen molar-refractivity contribution in [2.24, 2.45) is 17.3 Å². The van der Waals surface area contributed by atoms with Crippen LogP contribution in [0.3, 0.4) is 0 Å². The van der Waals surface area contributed by atoms with Crippen molar-refractivity contribution in [3.8, 4) is 0 Å². The van der Waals surface area contributed by atoms with Gasteiger partial charge in [0.05, 0.1) is 68.8 Å². The maximum atomic E-state index is 13.3. The van der Waals surface area contributed by atoms with Crippen LogP contribution in [0.25, 0.3) is 0 Å². The number of hydrogen-bond acceptors (Lipinski definition) is 9. The molecule has 0 aromatic heterocycles. The second-order valence-electron chi connectivity index (χ2n) is 12.6. The van der Waals surface area contributed by atoms with Crippen LogP contribution in [0, 0.1) is 17.3 Å². The highest BCUT2D eigenvalue weighted by molar-refractivity contribution is 7.85. The number of nitrogens with one attached hydrogen (secondary N) is 2. The number of esters is 1. The van der Waals surface area contributed by atoms with E-state index >= 15 is 0 Å². The number of nitrogens with zero attached hydrogens (tertiary/aromatic N) is 1. The Kier molecular flexibility index (Phi) is 16.4. The van der Waals surface area contributed by atoms with Crippen molar-refractivity contribution in [2.75, 3.05) is 73.5 Å². The highest BCUT2D eigenvalue weighted by Crippen LogP contribution is 2.32. The molecule has 0 aromatic carbocycles. The minimum absolute atomic E-state index is 0.0611. The van der Waals surface area contributed by atoms with Crippen LogP contribution in [-0.2, 0) is 38.7 Å². The van der Waals surface area contributed by atoms with Gasteiger partial charge in [-0.3, -0.25) is 14.4 Å². The van der Waals surface area contributed by atoms with E-state index in [-0.39, 0.29) is 32.0 Å². The number of hydrogen-bond donors (Lipinski definition) is 2. The molecule has 2 atom stereocenters. The molecular formula is C27H53N3O9S. The highest BCUT2D eigenvalue weighted by atomic mass is 32.2. The minimum atomic E-state index is -4.56. The van der Waals surface area contributed by atoms with Gasteiger partial charge in [-0.05, 0) is 47.0 Å². The van der Waals surface area contributed by atoms with Gasteiger partial charge in [0.15, 0.2) is 0 Å². The fraction of sp³-hybridized carbons (Fsp3) is 0.889. The molecule has 2 unspecified atom stereocenters. The first-order valence-electron chi connectivity index (χ1n) is 13.8. The largest absolute Gasteiger partial charge is 0.748 e. The van der Waals surface area contributed by atoms with Crippen molar-refractivity contribution >= 4 is 27.9 Å². The highest BCUT2D eigenvalue weighted by Gasteiger charge is 2.37. The van der Waals surface area contributed by atoms with E-state index in [9.17, 15) is 27.4 Å². The Labute approximate surface area is 241 Å². The Hall–Kier alpha value is -1.80. The number of carbonyl (C=O) groups is 3. The van der Waals surface area contributed by atoms with Crippen LogP contribution >= 0.6 is 0 Å². The second-order valence-corrected chi connectivity index (χ2v) is 14.0. The lowest BCUT2D eigenvalue weighted by atomic mass is 9.78. The summed E-state index contributed by atoms with van der Waals surface area (Å²) in [5.74, 6) is -3.29. The van der Waals surface area contributed by atoms with Crippen molar-refractivity contribution < 1.29 is 46.0 Å². The Balaban J connectivity index is 5.55. The summed E-state index contributed by atoms with van der Waals surface area (Å²) in [6.45, 7) is 10.5. The zero-order valence-corrected chi connectivity index (χ0v) is 26.8. The normalized spacial score (nSPS) is 14.3. The lowest BCUT2D eigenvalue weighted by molar-refractivity contribution is -0.870. The first-order chi connectivity index (χ1) is 18.2. The zero-order valence-electron chi connectivity index (χ0n) is 26.0. The molecular weight excluding hydrogens is 542 g/mol. The molecule has 12 nitrogen and oxygen atoms in total. The fourth-order valence-electron chi connectivity index (χ4n) is 4.24. The van der Waals surface area contributed by atoms with E-state index in [1.54, 1.807) is 27.9 Å². The third-order valence-electron chi connectivity index (χ3n) is 6.31. The second kappa shape index (κ2) is 17.2. The van der Waals surface area contributed by atoms with Crippen molar-refractivity contribution in [1.82, 2.24) is 10.6 Å². The van der Waals surface area contributed by atoms with Gasteiger partial charge in [0, 0.05) is 37.5 Å². The van der Waals surface area contributed by atoms with Gasteiger partial charge in [0.25, 0.3) is 0 Å². The summed E-state index contributed by atoms with van der Waals surface area (Å²) in [6, 6.07) is 0. The fourth-order valence-corrected chi connectivity index (χ4v) is 5.20. The number of carbonyl (C=O) groups excluding carboxylic acids is 3. The molecule has 2 amide bonds. The van der Waals surface area contributed by atoms with Gasteiger partial charge >= 0.3 is 5.97 Å². The van der Waals surface area contributed by atoms with Gasteiger partial charge in [0.2, 0.25) is 11.8 Å². The number of ether oxygens (including phenoxy) is 3. The van der Waals surface area contributed by atoms with Gasteiger partial charge in [0.1, 0.15) is 6.61 Å². The summed E-state index contributed by atoms with van der Waals surface area (Å²) in [7, 11) is 3.18. The Morgan fingerprint density at radius 1 is 0.950 bits per heavy atom. The van der Waals surface area contributed by atoms with E-state index in [4.69, 9.17) is 14.2 Å². The zero-order chi connectivity index (χ0) is 31.2. The first kappa shape index (κ1) is 38.2. The SMILES string of the molecule is CCC(CC(CC(C)(C)C(=O)OCCOCCOC)C(=O)NCCC[N+](C)(C)C)C(=O)NC(C)(C)CS(=O)(=O)[O-]. The van der Waals surface area contributed by atoms with Gasteiger partial charge in [-0.15, -0.1) is 0 Å². The predicted molar refractivity (Wildman–Crippen MR) is 151 cm³/mol. The Morgan fingerprint density at radius 3 is 2.08 bits per heavy atom. The van der Waals surface area contributed by atoms with E-state index < -0.39 is 50.5 Å². The number of rotatable bonds is 21. The van der Waals surface area contributed by atoms with Crippen LogP contribution in [-0.4, -0.2) is 114 Å².